The fraction of sp³-hybridized carbons (Fsp3) is 0.538. The summed E-state index contributed by atoms with van der Waals surface area (Å²) in [4.78, 5) is 0. The highest BCUT2D eigenvalue weighted by Gasteiger charge is 2.29. The molecule has 0 amide bonds. The Morgan fingerprint density at radius 1 is 1.20 bits per heavy atom. The van der Waals surface area contributed by atoms with Gasteiger partial charge in [0.05, 0.1) is 22.4 Å². The molecule has 0 fully saturated rings. The van der Waals surface area contributed by atoms with Gasteiger partial charge in [0, 0.05) is 22.7 Å². The summed E-state index contributed by atoms with van der Waals surface area (Å²) in [6.07, 6.45) is 0. The summed E-state index contributed by atoms with van der Waals surface area (Å²) in [7, 11) is 1.76. The third-order valence-electron chi connectivity index (χ3n) is 2.97. The molecule has 1 rings (SSSR count). The highest BCUT2D eigenvalue weighted by molar-refractivity contribution is 8.13. The van der Waals surface area contributed by atoms with Crippen LogP contribution in [0, 0.1) is 11.3 Å². The smallest absolute Gasteiger partial charge is 0.233 e. The zero-order valence-corrected chi connectivity index (χ0v) is 14.6. The third kappa shape index (κ3) is 6.08. The van der Waals surface area contributed by atoms with Crippen LogP contribution in [0.2, 0.25) is 10.0 Å². The molecule has 1 aromatic carbocycles. The van der Waals surface area contributed by atoms with Crippen LogP contribution in [0.25, 0.3) is 0 Å². The van der Waals surface area contributed by atoms with E-state index in [0.29, 0.717) is 15.8 Å². The molecule has 0 aliphatic carbocycles. The van der Waals surface area contributed by atoms with E-state index in [-0.39, 0.29) is 23.7 Å². The molecule has 114 valence electrons. The molecule has 0 aromatic heterocycles. The van der Waals surface area contributed by atoms with Crippen molar-refractivity contribution in [2.45, 2.75) is 20.8 Å². The number of benzene rings is 1. The molecule has 1 atom stereocenters. The molecule has 0 bridgehead atoms. The van der Waals surface area contributed by atoms with Gasteiger partial charge >= 0.3 is 0 Å². The first kappa shape index (κ1) is 17.9. The Labute approximate surface area is 134 Å². The van der Waals surface area contributed by atoms with E-state index in [2.05, 4.69) is 0 Å². The average molecular weight is 360 g/mol. The van der Waals surface area contributed by atoms with Gasteiger partial charge in [-0.3, -0.25) is 0 Å². The Morgan fingerprint density at radius 3 is 2.25 bits per heavy atom. The molecule has 0 aliphatic rings. The van der Waals surface area contributed by atoms with Crippen LogP contribution >= 0.6 is 33.9 Å². The molecule has 0 saturated carbocycles. The van der Waals surface area contributed by atoms with Gasteiger partial charge in [-0.1, -0.05) is 44.0 Å². The van der Waals surface area contributed by atoms with Crippen LogP contribution in [-0.4, -0.2) is 20.8 Å². The fourth-order valence-corrected chi connectivity index (χ4v) is 3.37. The van der Waals surface area contributed by atoms with Gasteiger partial charge in [0.15, 0.2) is 0 Å². The van der Waals surface area contributed by atoms with Gasteiger partial charge < -0.3 is 4.74 Å². The van der Waals surface area contributed by atoms with E-state index in [1.54, 1.807) is 18.2 Å². The Morgan fingerprint density at radius 2 is 1.80 bits per heavy atom. The molecule has 7 heteroatoms. The van der Waals surface area contributed by atoms with Crippen molar-refractivity contribution in [1.29, 1.82) is 0 Å². The number of halogens is 3. The van der Waals surface area contributed by atoms with E-state index in [1.165, 1.54) is 0 Å². The highest BCUT2D eigenvalue weighted by atomic mass is 35.7. The van der Waals surface area contributed by atoms with Gasteiger partial charge in [-0.15, -0.1) is 0 Å². The summed E-state index contributed by atoms with van der Waals surface area (Å²) >= 11 is 11.7. The van der Waals surface area contributed by atoms with Crippen LogP contribution in [0.15, 0.2) is 18.2 Å². The van der Waals surface area contributed by atoms with Gasteiger partial charge in [0.2, 0.25) is 9.05 Å². The molecule has 0 spiro atoms. The van der Waals surface area contributed by atoms with Crippen molar-refractivity contribution >= 4 is 42.9 Å². The van der Waals surface area contributed by atoms with Crippen molar-refractivity contribution in [3.63, 3.8) is 0 Å². The van der Waals surface area contributed by atoms with Crippen molar-refractivity contribution < 1.29 is 13.2 Å². The maximum absolute atomic E-state index is 11.3. The number of hydrogen-bond acceptors (Lipinski definition) is 3. The lowest BCUT2D eigenvalue weighted by atomic mass is 9.82. The topological polar surface area (TPSA) is 43.4 Å². The molecule has 1 aromatic rings. The maximum atomic E-state index is 11.3. The summed E-state index contributed by atoms with van der Waals surface area (Å²) in [5.41, 5.74) is -0.252. The molecular weight excluding hydrogens is 343 g/mol. The minimum Gasteiger partial charge on any atom is -0.493 e. The standard InChI is InChI=1S/C13H17Cl3O3S/c1-13(2,3)9(8-20(16,17)18)7-19-10-4-5-11(14)12(15)6-10/h4-6,9H,7-8H2,1-3H3. The van der Waals surface area contributed by atoms with E-state index in [1.807, 2.05) is 20.8 Å². The van der Waals surface area contributed by atoms with E-state index < -0.39 is 9.05 Å². The van der Waals surface area contributed by atoms with Gasteiger partial charge in [-0.25, -0.2) is 8.42 Å². The predicted molar refractivity (Wildman–Crippen MR) is 84.5 cm³/mol. The zero-order chi connectivity index (χ0) is 15.6. The number of rotatable bonds is 5. The van der Waals surface area contributed by atoms with Crippen LogP contribution in [0.5, 0.6) is 5.75 Å². The Balaban J connectivity index is 2.78. The predicted octanol–water partition coefficient (Wildman–Crippen LogP) is 4.60. The summed E-state index contributed by atoms with van der Waals surface area (Å²) in [6.45, 7) is 6.06. The van der Waals surface area contributed by atoms with Crippen LogP contribution < -0.4 is 4.74 Å². The van der Waals surface area contributed by atoms with Gasteiger partial charge in [0.1, 0.15) is 5.75 Å². The van der Waals surface area contributed by atoms with Crippen LogP contribution in [0.4, 0.5) is 0 Å². The molecule has 0 aliphatic heterocycles. The maximum Gasteiger partial charge on any atom is 0.233 e. The first-order valence-corrected chi connectivity index (χ1v) is 9.22. The second-order valence-corrected chi connectivity index (χ2v) is 9.29. The normalized spacial score (nSPS) is 14.1. The first-order valence-electron chi connectivity index (χ1n) is 5.99. The summed E-state index contributed by atoms with van der Waals surface area (Å²) in [5, 5.41) is 0.830. The van der Waals surface area contributed by atoms with Crippen LogP contribution in [-0.2, 0) is 9.05 Å². The Kier molecular flexibility index (Phi) is 6.02. The molecule has 0 heterocycles. The van der Waals surface area contributed by atoms with Crippen LogP contribution in [0.1, 0.15) is 20.8 Å². The quantitative estimate of drug-likeness (QED) is 0.721. The first-order chi connectivity index (χ1) is 8.99. The van der Waals surface area contributed by atoms with Crippen molar-refractivity contribution in [2.24, 2.45) is 11.3 Å². The molecule has 20 heavy (non-hydrogen) atoms. The lowest BCUT2D eigenvalue weighted by molar-refractivity contribution is 0.163. The summed E-state index contributed by atoms with van der Waals surface area (Å²) in [5.74, 6) is 0.166. The van der Waals surface area contributed by atoms with Crippen molar-refractivity contribution in [1.82, 2.24) is 0 Å². The zero-order valence-electron chi connectivity index (χ0n) is 11.5. The Hall–Kier alpha value is -0.160. The highest BCUT2D eigenvalue weighted by Crippen LogP contribution is 2.30. The largest absolute Gasteiger partial charge is 0.493 e. The third-order valence-corrected chi connectivity index (χ3v) is 4.88. The van der Waals surface area contributed by atoms with E-state index >= 15 is 0 Å². The van der Waals surface area contributed by atoms with Gasteiger partial charge in [-0.05, 0) is 17.5 Å². The minimum absolute atomic E-state index is 0.140. The van der Waals surface area contributed by atoms with Gasteiger partial charge in [-0.2, -0.15) is 0 Å². The second-order valence-electron chi connectivity index (χ2n) is 5.66. The lowest BCUT2D eigenvalue weighted by Crippen LogP contribution is -2.31. The fourth-order valence-electron chi connectivity index (χ4n) is 1.55. The van der Waals surface area contributed by atoms with E-state index in [9.17, 15) is 8.42 Å². The number of hydrogen-bond donors (Lipinski definition) is 0. The Bertz CT molecular complexity index is 565. The van der Waals surface area contributed by atoms with Gasteiger partial charge in [0.25, 0.3) is 0 Å². The van der Waals surface area contributed by atoms with E-state index in [0.717, 1.165) is 0 Å². The molecular formula is C13H17Cl3O3S. The van der Waals surface area contributed by atoms with Crippen molar-refractivity contribution in [3.8, 4) is 5.75 Å². The summed E-state index contributed by atoms with van der Waals surface area (Å²) < 4.78 is 28.1. The lowest BCUT2D eigenvalue weighted by Gasteiger charge is -2.29. The molecule has 0 N–H and O–H groups in total. The SMILES string of the molecule is CC(C)(C)C(COc1ccc(Cl)c(Cl)c1)CS(=O)(=O)Cl. The molecule has 3 nitrogen and oxygen atoms in total. The molecule has 1 unspecified atom stereocenters. The molecule has 0 radical (unpaired) electrons. The summed E-state index contributed by atoms with van der Waals surface area (Å²) in [6, 6.07) is 4.91. The van der Waals surface area contributed by atoms with E-state index in [4.69, 9.17) is 38.6 Å². The number of ether oxygens (including phenoxy) is 1. The van der Waals surface area contributed by atoms with Crippen molar-refractivity contribution in [3.05, 3.63) is 28.2 Å². The average Bonchev–Trinajstić information content (AvgIpc) is 2.26. The molecule has 0 saturated heterocycles. The minimum atomic E-state index is -3.58. The monoisotopic (exact) mass is 358 g/mol. The second kappa shape index (κ2) is 6.73. The van der Waals surface area contributed by atoms with Crippen LogP contribution in [0.3, 0.4) is 0 Å². The van der Waals surface area contributed by atoms with Crippen molar-refractivity contribution in [2.75, 3.05) is 12.4 Å².